The second kappa shape index (κ2) is 6.42. The SMILES string of the molecule is COc1n[nH]c2nc(N3CCC4(CC3)Cc3ccccc3[C@H]4N)c(CO)nc12. The molecule has 1 atom stereocenters. The Bertz CT molecular complexity index is 1020. The van der Waals surface area contributed by atoms with Crippen LogP contribution in [-0.4, -0.2) is 45.5 Å². The van der Waals surface area contributed by atoms with Gasteiger partial charge in [0.1, 0.15) is 5.69 Å². The normalized spacial score (nSPS) is 20.7. The van der Waals surface area contributed by atoms with Crippen molar-refractivity contribution in [2.45, 2.75) is 31.9 Å². The quantitative estimate of drug-likeness (QED) is 0.634. The molecule has 1 aliphatic heterocycles. The molecule has 2 aromatic heterocycles. The zero-order valence-electron chi connectivity index (χ0n) is 15.9. The summed E-state index contributed by atoms with van der Waals surface area (Å²) in [4.78, 5) is 11.4. The van der Waals surface area contributed by atoms with Crippen molar-refractivity contribution in [3.05, 3.63) is 41.1 Å². The van der Waals surface area contributed by atoms with E-state index < -0.39 is 0 Å². The van der Waals surface area contributed by atoms with Crippen molar-refractivity contribution in [3.8, 4) is 5.88 Å². The van der Waals surface area contributed by atoms with Gasteiger partial charge in [-0.15, -0.1) is 5.10 Å². The third-order valence-electron chi connectivity index (χ3n) is 6.41. The molecule has 8 heteroatoms. The summed E-state index contributed by atoms with van der Waals surface area (Å²) in [5, 5.41) is 16.8. The molecule has 4 N–H and O–H groups in total. The number of aromatic nitrogens is 4. The summed E-state index contributed by atoms with van der Waals surface area (Å²) in [6.07, 6.45) is 3.01. The number of aliphatic hydroxyl groups excluding tert-OH is 1. The first-order valence-corrected chi connectivity index (χ1v) is 9.63. The zero-order chi connectivity index (χ0) is 19.3. The lowest BCUT2D eigenvalue weighted by molar-refractivity contribution is 0.187. The number of aromatic amines is 1. The number of anilines is 1. The number of nitrogens with two attached hydrogens (primary N) is 1. The number of benzene rings is 1. The largest absolute Gasteiger partial charge is 0.478 e. The molecule has 1 aromatic carbocycles. The van der Waals surface area contributed by atoms with Crippen LogP contribution < -0.4 is 15.4 Å². The average Bonchev–Trinajstić information content (AvgIpc) is 3.26. The zero-order valence-corrected chi connectivity index (χ0v) is 15.9. The van der Waals surface area contributed by atoms with E-state index in [1.54, 1.807) is 0 Å². The van der Waals surface area contributed by atoms with Crippen molar-refractivity contribution < 1.29 is 9.84 Å². The number of H-pyrrole nitrogens is 1. The number of fused-ring (bicyclic) bond motifs is 2. The van der Waals surface area contributed by atoms with Gasteiger partial charge in [0.15, 0.2) is 17.0 Å². The minimum absolute atomic E-state index is 0.0774. The lowest BCUT2D eigenvalue weighted by Gasteiger charge is -2.42. The summed E-state index contributed by atoms with van der Waals surface area (Å²) in [5.74, 6) is 1.09. The molecule has 1 saturated heterocycles. The minimum Gasteiger partial charge on any atom is -0.478 e. The van der Waals surface area contributed by atoms with Crippen LogP contribution in [0.4, 0.5) is 5.82 Å². The fraction of sp³-hybridized carbons (Fsp3) is 0.450. The van der Waals surface area contributed by atoms with E-state index in [9.17, 15) is 5.11 Å². The van der Waals surface area contributed by atoms with Gasteiger partial charge in [-0.25, -0.2) is 9.97 Å². The van der Waals surface area contributed by atoms with E-state index in [0.717, 1.165) is 32.4 Å². The molecule has 0 amide bonds. The summed E-state index contributed by atoms with van der Waals surface area (Å²) < 4.78 is 5.20. The van der Waals surface area contributed by atoms with Gasteiger partial charge in [0, 0.05) is 19.1 Å². The summed E-state index contributed by atoms with van der Waals surface area (Å²) in [5.41, 5.74) is 11.1. The second-order valence-electron chi connectivity index (χ2n) is 7.78. The van der Waals surface area contributed by atoms with Gasteiger partial charge in [-0.2, -0.15) is 0 Å². The number of nitrogens with zero attached hydrogens (tertiary/aromatic N) is 4. The maximum Gasteiger partial charge on any atom is 0.260 e. The molecular formula is C20H24N6O2. The fourth-order valence-corrected chi connectivity index (χ4v) is 4.82. The molecule has 146 valence electrons. The van der Waals surface area contributed by atoms with E-state index in [2.05, 4.69) is 49.3 Å². The van der Waals surface area contributed by atoms with Crippen LogP contribution in [0.15, 0.2) is 24.3 Å². The van der Waals surface area contributed by atoms with Gasteiger partial charge in [-0.1, -0.05) is 24.3 Å². The van der Waals surface area contributed by atoms with Gasteiger partial charge in [-0.05, 0) is 35.8 Å². The van der Waals surface area contributed by atoms with Crippen LogP contribution in [0.25, 0.3) is 11.2 Å². The van der Waals surface area contributed by atoms with Crippen LogP contribution in [0.5, 0.6) is 5.88 Å². The maximum atomic E-state index is 9.85. The van der Waals surface area contributed by atoms with Gasteiger partial charge in [-0.3, -0.25) is 5.10 Å². The second-order valence-corrected chi connectivity index (χ2v) is 7.78. The number of rotatable bonds is 3. The molecular weight excluding hydrogens is 356 g/mol. The first kappa shape index (κ1) is 17.4. The average molecular weight is 380 g/mol. The van der Waals surface area contributed by atoms with Crippen molar-refractivity contribution in [1.82, 2.24) is 20.2 Å². The number of aliphatic hydroxyl groups is 1. The third kappa shape index (κ3) is 2.48. The highest BCUT2D eigenvalue weighted by Crippen LogP contribution is 2.51. The number of nitrogens with one attached hydrogen (secondary N) is 1. The van der Waals surface area contributed by atoms with Crippen LogP contribution in [-0.2, 0) is 13.0 Å². The Morgan fingerprint density at radius 2 is 2.07 bits per heavy atom. The highest BCUT2D eigenvalue weighted by atomic mass is 16.5. The molecule has 2 aliphatic rings. The fourth-order valence-electron chi connectivity index (χ4n) is 4.82. The van der Waals surface area contributed by atoms with E-state index >= 15 is 0 Å². The standard InChI is InChI=1S/C20H24N6O2/c1-28-19-15-17(24-25-19)23-18(14(11-27)22-15)26-8-6-20(7-9-26)10-12-4-2-3-5-13(12)16(20)21/h2-5,16,27H,6-11,21H2,1H3,(H,23,24,25)/t16-/m1/s1. The third-order valence-corrected chi connectivity index (χ3v) is 6.41. The van der Waals surface area contributed by atoms with Crippen molar-refractivity contribution in [2.24, 2.45) is 11.1 Å². The van der Waals surface area contributed by atoms with E-state index in [0.29, 0.717) is 28.6 Å². The molecule has 3 heterocycles. The summed E-state index contributed by atoms with van der Waals surface area (Å²) >= 11 is 0. The number of piperidine rings is 1. The first-order valence-electron chi connectivity index (χ1n) is 9.63. The van der Waals surface area contributed by atoms with Gasteiger partial charge in [0.2, 0.25) is 0 Å². The summed E-state index contributed by atoms with van der Waals surface area (Å²) in [6, 6.07) is 8.61. The first-order chi connectivity index (χ1) is 13.6. The lowest BCUT2D eigenvalue weighted by Crippen LogP contribution is -2.45. The van der Waals surface area contributed by atoms with Crippen LogP contribution >= 0.6 is 0 Å². The topological polar surface area (TPSA) is 113 Å². The van der Waals surface area contributed by atoms with Gasteiger partial charge in [0.25, 0.3) is 5.88 Å². The van der Waals surface area contributed by atoms with Crippen LogP contribution in [0.2, 0.25) is 0 Å². The molecule has 1 fully saturated rings. The van der Waals surface area contributed by atoms with Gasteiger partial charge >= 0.3 is 0 Å². The van der Waals surface area contributed by atoms with Crippen LogP contribution in [0, 0.1) is 5.41 Å². The smallest absolute Gasteiger partial charge is 0.260 e. The molecule has 0 radical (unpaired) electrons. The van der Waals surface area contributed by atoms with Crippen molar-refractivity contribution in [1.29, 1.82) is 0 Å². The molecule has 8 nitrogen and oxygen atoms in total. The Hall–Kier alpha value is -2.71. The van der Waals surface area contributed by atoms with Crippen LogP contribution in [0.3, 0.4) is 0 Å². The Morgan fingerprint density at radius 3 is 2.79 bits per heavy atom. The number of hydrogen-bond donors (Lipinski definition) is 3. The van der Waals surface area contributed by atoms with Crippen molar-refractivity contribution >= 4 is 17.0 Å². The van der Waals surface area contributed by atoms with Crippen molar-refractivity contribution in [2.75, 3.05) is 25.1 Å². The van der Waals surface area contributed by atoms with E-state index in [-0.39, 0.29) is 18.1 Å². The number of hydrogen-bond acceptors (Lipinski definition) is 7. The van der Waals surface area contributed by atoms with E-state index in [1.165, 1.54) is 18.2 Å². The predicted molar refractivity (Wildman–Crippen MR) is 105 cm³/mol. The van der Waals surface area contributed by atoms with Crippen molar-refractivity contribution in [3.63, 3.8) is 0 Å². The lowest BCUT2D eigenvalue weighted by atomic mass is 9.73. The van der Waals surface area contributed by atoms with E-state index in [4.69, 9.17) is 10.5 Å². The Balaban J connectivity index is 1.42. The highest BCUT2D eigenvalue weighted by Gasteiger charge is 2.46. The molecule has 0 saturated carbocycles. The molecule has 1 spiro atoms. The molecule has 1 aliphatic carbocycles. The summed E-state index contributed by atoms with van der Waals surface area (Å²) in [7, 11) is 1.54. The van der Waals surface area contributed by atoms with Gasteiger partial charge < -0.3 is 20.5 Å². The minimum atomic E-state index is -0.181. The predicted octanol–water partition coefficient (Wildman–Crippen LogP) is 1.70. The maximum absolute atomic E-state index is 9.85. The Kier molecular flexibility index (Phi) is 3.99. The molecule has 0 unspecified atom stereocenters. The molecule has 3 aromatic rings. The highest BCUT2D eigenvalue weighted by molar-refractivity contribution is 5.78. The summed E-state index contributed by atoms with van der Waals surface area (Å²) in [6.45, 7) is 1.49. The molecule has 0 bridgehead atoms. The molecule has 5 rings (SSSR count). The number of ether oxygens (including phenoxy) is 1. The monoisotopic (exact) mass is 380 g/mol. The van der Waals surface area contributed by atoms with E-state index in [1.807, 2.05) is 0 Å². The van der Waals surface area contributed by atoms with Gasteiger partial charge in [0.05, 0.1) is 13.7 Å². The van der Waals surface area contributed by atoms with Crippen LogP contribution in [0.1, 0.15) is 35.7 Å². The Morgan fingerprint density at radius 1 is 1.29 bits per heavy atom. The molecule has 28 heavy (non-hydrogen) atoms. The Labute approximate surface area is 162 Å². The number of methoxy groups -OCH3 is 1.